The van der Waals surface area contributed by atoms with Gasteiger partial charge >= 0.3 is 0 Å². The Morgan fingerprint density at radius 3 is 2.06 bits per heavy atom. The maximum absolute atomic E-state index is 4.10. The number of nitrogens with zero attached hydrogens (tertiary/aromatic N) is 1. The van der Waals surface area contributed by atoms with Crippen LogP contribution in [0.5, 0.6) is 0 Å². The highest BCUT2D eigenvalue weighted by Crippen LogP contribution is 2.38. The molecule has 0 aromatic carbocycles. The minimum atomic E-state index is 0.218. The molecular formula is C14H22N2. The smallest absolute Gasteiger partial charge is 0.0270 e. The van der Waals surface area contributed by atoms with E-state index in [0.29, 0.717) is 5.92 Å². The van der Waals surface area contributed by atoms with Crippen molar-refractivity contribution in [2.24, 2.45) is 0 Å². The number of hydrogen-bond donors (Lipinski definition) is 1. The Hall–Kier alpha value is -0.890. The van der Waals surface area contributed by atoms with Gasteiger partial charge in [-0.2, -0.15) is 0 Å². The summed E-state index contributed by atoms with van der Waals surface area (Å²) in [5, 5.41) is 3.72. The SMILES string of the molecule is CC1(C)CC(c2ccncc2)CC(C)(C)N1. The minimum Gasteiger partial charge on any atom is -0.307 e. The van der Waals surface area contributed by atoms with E-state index in [1.807, 2.05) is 12.4 Å². The molecule has 2 heteroatoms. The van der Waals surface area contributed by atoms with E-state index in [2.05, 4.69) is 50.1 Å². The third-order valence-electron chi connectivity index (χ3n) is 3.37. The summed E-state index contributed by atoms with van der Waals surface area (Å²) in [5.41, 5.74) is 1.86. The molecule has 2 nitrogen and oxygen atoms in total. The highest BCUT2D eigenvalue weighted by Gasteiger charge is 2.37. The van der Waals surface area contributed by atoms with E-state index in [4.69, 9.17) is 0 Å². The molecule has 2 rings (SSSR count). The molecule has 0 bridgehead atoms. The van der Waals surface area contributed by atoms with Crippen LogP contribution in [0.1, 0.15) is 52.0 Å². The molecule has 0 saturated carbocycles. The summed E-state index contributed by atoms with van der Waals surface area (Å²) >= 11 is 0. The van der Waals surface area contributed by atoms with E-state index in [9.17, 15) is 0 Å². The van der Waals surface area contributed by atoms with Crippen LogP contribution in [0.25, 0.3) is 0 Å². The number of piperidine rings is 1. The van der Waals surface area contributed by atoms with Crippen LogP contribution < -0.4 is 5.32 Å². The quantitative estimate of drug-likeness (QED) is 0.783. The van der Waals surface area contributed by atoms with Crippen molar-refractivity contribution in [3.05, 3.63) is 30.1 Å². The minimum absolute atomic E-state index is 0.218. The van der Waals surface area contributed by atoms with E-state index in [-0.39, 0.29) is 11.1 Å². The van der Waals surface area contributed by atoms with E-state index < -0.39 is 0 Å². The molecule has 1 saturated heterocycles. The number of pyridine rings is 1. The zero-order valence-electron chi connectivity index (χ0n) is 10.7. The zero-order chi connectivity index (χ0) is 11.8. The monoisotopic (exact) mass is 218 g/mol. The highest BCUT2D eigenvalue weighted by atomic mass is 15.0. The summed E-state index contributed by atoms with van der Waals surface area (Å²) in [6, 6.07) is 4.31. The van der Waals surface area contributed by atoms with Gasteiger partial charge in [-0.25, -0.2) is 0 Å². The average molecular weight is 218 g/mol. The first-order valence-corrected chi connectivity index (χ1v) is 6.07. The van der Waals surface area contributed by atoms with Gasteiger partial charge in [0.1, 0.15) is 0 Å². The molecule has 0 radical (unpaired) electrons. The molecule has 0 atom stereocenters. The maximum atomic E-state index is 4.10. The molecule has 0 amide bonds. The van der Waals surface area contributed by atoms with Crippen LogP contribution in [0.2, 0.25) is 0 Å². The fraction of sp³-hybridized carbons (Fsp3) is 0.643. The Morgan fingerprint density at radius 2 is 1.56 bits per heavy atom. The second-order valence-electron chi connectivity index (χ2n) is 6.28. The zero-order valence-corrected chi connectivity index (χ0v) is 10.7. The van der Waals surface area contributed by atoms with E-state index in [1.54, 1.807) is 0 Å². The molecule has 88 valence electrons. The van der Waals surface area contributed by atoms with Crippen molar-refractivity contribution in [3.8, 4) is 0 Å². The molecular weight excluding hydrogens is 196 g/mol. The first kappa shape index (κ1) is 11.6. The van der Waals surface area contributed by atoms with Crippen LogP contribution in [0.4, 0.5) is 0 Å². The number of rotatable bonds is 1. The Kier molecular flexibility index (Phi) is 2.79. The van der Waals surface area contributed by atoms with Crippen molar-refractivity contribution >= 4 is 0 Å². The first-order chi connectivity index (χ1) is 7.38. The van der Waals surface area contributed by atoms with E-state index in [0.717, 1.165) is 0 Å². The fourth-order valence-corrected chi connectivity index (χ4v) is 3.19. The molecule has 1 aliphatic heterocycles. The lowest BCUT2D eigenvalue weighted by Gasteiger charge is -2.46. The lowest BCUT2D eigenvalue weighted by Crippen LogP contribution is -2.57. The van der Waals surface area contributed by atoms with E-state index >= 15 is 0 Å². The fourth-order valence-electron chi connectivity index (χ4n) is 3.19. The van der Waals surface area contributed by atoms with Gasteiger partial charge in [-0.05, 0) is 64.2 Å². The Labute approximate surface area is 98.5 Å². The molecule has 0 spiro atoms. The molecule has 1 aromatic heterocycles. The molecule has 0 unspecified atom stereocenters. The van der Waals surface area contributed by atoms with Crippen LogP contribution >= 0.6 is 0 Å². The van der Waals surface area contributed by atoms with Gasteiger partial charge in [-0.15, -0.1) is 0 Å². The third-order valence-corrected chi connectivity index (χ3v) is 3.37. The number of aromatic nitrogens is 1. The van der Waals surface area contributed by atoms with Crippen LogP contribution in [0.15, 0.2) is 24.5 Å². The summed E-state index contributed by atoms with van der Waals surface area (Å²) < 4.78 is 0. The second-order valence-corrected chi connectivity index (χ2v) is 6.28. The topological polar surface area (TPSA) is 24.9 Å². The third kappa shape index (κ3) is 2.62. The van der Waals surface area contributed by atoms with Gasteiger partial charge < -0.3 is 5.32 Å². The Bertz CT molecular complexity index is 338. The van der Waals surface area contributed by atoms with Gasteiger partial charge in [0.15, 0.2) is 0 Å². The molecule has 0 aliphatic carbocycles. The van der Waals surface area contributed by atoms with Crippen molar-refractivity contribution in [1.82, 2.24) is 10.3 Å². The summed E-state index contributed by atoms with van der Waals surface area (Å²) in [5.74, 6) is 0.647. The summed E-state index contributed by atoms with van der Waals surface area (Å²) in [6.07, 6.45) is 6.19. The molecule has 1 aliphatic rings. The standard InChI is InChI=1S/C14H22N2/c1-13(2)9-12(10-14(3,4)16-13)11-5-7-15-8-6-11/h5-8,12,16H,9-10H2,1-4H3. The van der Waals surface area contributed by atoms with Crippen LogP contribution in [-0.2, 0) is 0 Å². The molecule has 16 heavy (non-hydrogen) atoms. The van der Waals surface area contributed by atoms with Crippen LogP contribution in [-0.4, -0.2) is 16.1 Å². The molecule has 1 aromatic rings. The van der Waals surface area contributed by atoms with Gasteiger partial charge in [-0.3, -0.25) is 4.98 Å². The van der Waals surface area contributed by atoms with Crippen molar-refractivity contribution in [1.29, 1.82) is 0 Å². The summed E-state index contributed by atoms with van der Waals surface area (Å²) in [4.78, 5) is 4.10. The largest absolute Gasteiger partial charge is 0.307 e. The Morgan fingerprint density at radius 1 is 1.06 bits per heavy atom. The normalized spacial score (nSPS) is 24.2. The average Bonchev–Trinajstić information content (AvgIpc) is 2.14. The van der Waals surface area contributed by atoms with Crippen molar-refractivity contribution in [2.75, 3.05) is 0 Å². The van der Waals surface area contributed by atoms with Crippen LogP contribution in [0.3, 0.4) is 0 Å². The summed E-state index contributed by atoms with van der Waals surface area (Å²) in [7, 11) is 0. The molecule has 1 fully saturated rings. The van der Waals surface area contributed by atoms with Crippen molar-refractivity contribution in [2.45, 2.75) is 57.5 Å². The number of nitrogens with one attached hydrogen (secondary N) is 1. The first-order valence-electron chi connectivity index (χ1n) is 6.07. The lowest BCUT2D eigenvalue weighted by atomic mass is 9.73. The molecule has 1 N–H and O–H groups in total. The van der Waals surface area contributed by atoms with Gasteiger partial charge in [0, 0.05) is 23.5 Å². The van der Waals surface area contributed by atoms with Crippen molar-refractivity contribution < 1.29 is 0 Å². The van der Waals surface area contributed by atoms with Gasteiger partial charge in [-0.1, -0.05) is 0 Å². The van der Waals surface area contributed by atoms with Gasteiger partial charge in [0.2, 0.25) is 0 Å². The van der Waals surface area contributed by atoms with Gasteiger partial charge in [0.25, 0.3) is 0 Å². The van der Waals surface area contributed by atoms with Crippen molar-refractivity contribution in [3.63, 3.8) is 0 Å². The predicted molar refractivity (Wildman–Crippen MR) is 67.5 cm³/mol. The van der Waals surface area contributed by atoms with E-state index in [1.165, 1.54) is 18.4 Å². The van der Waals surface area contributed by atoms with Crippen LogP contribution in [0, 0.1) is 0 Å². The highest BCUT2D eigenvalue weighted by molar-refractivity contribution is 5.19. The lowest BCUT2D eigenvalue weighted by molar-refractivity contribution is 0.162. The Balaban J connectivity index is 2.23. The molecule has 2 heterocycles. The number of hydrogen-bond acceptors (Lipinski definition) is 2. The van der Waals surface area contributed by atoms with Gasteiger partial charge in [0.05, 0.1) is 0 Å². The predicted octanol–water partition coefficient (Wildman–Crippen LogP) is 3.11. The maximum Gasteiger partial charge on any atom is 0.0270 e. The second kappa shape index (κ2) is 3.85. The summed E-state index contributed by atoms with van der Waals surface area (Å²) in [6.45, 7) is 9.18.